The second-order valence-corrected chi connectivity index (χ2v) is 4.13. The summed E-state index contributed by atoms with van der Waals surface area (Å²) in [6.45, 7) is 2.27. The smallest absolute Gasteiger partial charge is 0.276 e. The summed E-state index contributed by atoms with van der Waals surface area (Å²) in [5.41, 5.74) is 0.679. The predicted octanol–water partition coefficient (Wildman–Crippen LogP) is 3.69. The van der Waals surface area contributed by atoms with Crippen LogP contribution in [0, 0.1) is 17.0 Å². The van der Waals surface area contributed by atoms with Gasteiger partial charge in [0.15, 0.2) is 0 Å². The van der Waals surface area contributed by atoms with Crippen LogP contribution >= 0.6 is 11.6 Å². The normalized spacial score (nSPS) is 10.2. The molecule has 1 aromatic rings. The Labute approximate surface area is 106 Å². The van der Waals surface area contributed by atoms with Crippen molar-refractivity contribution in [1.82, 2.24) is 0 Å². The minimum absolute atomic E-state index is 0.100. The van der Waals surface area contributed by atoms with E-state index in [1.807, 2.05) is 0 Å². The van der Waals surface area contributed by atoms with Gasteiger partial charge >= 0.3 is 0 Å². The minimum atomic E-state index is -0.393. The van der Waals surface area contributed by atoms with Crippen molar-refractivity contribution in [3.63, 3.8) is 0 Å². The van der Waals surface area contributed by atoms with Gasteiger partial charge in [0.25, 0.3) is 5.69 Å². The van der Waals surface area contributed by atoms with Crippen molar-refractivity contribution in [2.24, 2.45) is 0 Å². The molecular weight excluding hydrogens is 242 g/mol. The van der Waals surface area contributed by atoms with Gasteiger partial charge in [-0.15, -0.1) is 11.6 Å². The van der Waals surface area contributed by atoms with E-state index in [1.165, 1.54) is 6.07 Å². The van der Waals surface area contributed by atoms with Crippen molar-refractivity contribution in [2.75, 3.05) is 12.5 Å². The first-order valence-electron chi connectivity index (χ1n) is 5.59. The molecule has 0 atom stereocenters. The van der Waals surface area contributed by atoms with Crippen LogP contribution in [-0.2, 0) is 0 Å². The lowest BCUT2D eigenvalue weighted by Crippen LogP contribution is -2.01. The minimum Gasteiger partial charge on any atom is -0.493 e. The molecule has 0 aliphatic heterocycles. The Hall–Kier alpha value is -1.29. The van der Waals surface area contributed by atoms with Crippen LogP contribution in [0.25, 0.3) is 0 Å². The van der Waals surface area contributed by atoms with Gasteiger partial charge in [0.05, 0.1) is 17.1 Å². The van der Waals surface area contributed by atoms with Crippen molar-refractivity contribution >= 4 is 17.3 Å². The summed E-state index contributed by atoms with van der Waals surface area (Å²) in [6, 6.07) is 4.87. The molecule has 1 rings (SSSR count). The molecule has 1 aromatic carbocycles. The molecule has 0 aliphatic rings. The Balaban J connectivity index is 2.54. The van der Waals surface area contributed by atoms with E-state index in [-0.39, 0.29) is 5.69 Å². The van der Waals surface area contributed by atoms with E-state index in [4.69, 9.17) is 16.3 Å². The molecule has 0 saturated carbocycles. The second kappa shape index (κ2) is 7.12. The fraction of sp³-hybridized carbons (Fsp3) is 0.500. The van der Waals surface area contributed by atoms with E-state index in [0.29, 0.717) is 23.8 Å². The summed E-state index contributed by atoms with van der Waals surface area (Å²) in [4.78, 5) is 10.3. The van der Waals surface area contributed by atoms with Crippen molar-refractivity contribution in [2.45, 2.75) is 26.2 Å². The fourth-order valence-electron chi connectivity index (χ4n) is 1.51. The maximum absolute atomic E-state index is 10.7. The topological polar surface area (TPSA) is 52.4 Å². The Morgan fingerprint density at radius 3 is 2.76 bits per heavy atom. The molecular formula is C12H16ClNO3. The summed E-state index contributed by atoms with van der Waals surface area (Å²) >= 11 is 5.56. The fourth-order valence-corrected chi connectivity index (χ4v) is 1.70. The molecule has 0 unspecified atom stereocenters. The lowest BCUT2D eigenvalue weighted by molar-refractivity contribution is -0.385. The molecule has 94 valence electrons. The van der Waals surface area contributed by atoms with Crippen LogP contribution in [0.4, 0.5) is 5.69 Å². The quantitative estimate of drug-likeness (QED) is 0.324. The van der Waals surface area contributed by atoms with Crippen LogP contribution in [0.2, 0.25) is 0 Å². The number of nitro groups is 1. The molecule has 4 nitrogen and oxygen atoms in total. The van der Waals surface area contributed by atoms with Crippen LogP contribution in [0.15, 0.2) is 18.2 Å². The van der Waals surface area contributed by atoms with E-state index in [1.54, 1.807) is 19.1 Å². The van der Waals surface area contributed by atoms with Gasteiger partial charge in [0.2, 0.25) is 0 Å². The van der Waals surface area contributed by atoms with E-state index < -0.39 is 4.92 Å². The summed E-state index contributed by atoms with van der Waals surface area (Å²) in [7, 11) is 0. The maximum Gasteiger partial charge on any atom is 0.276 e. The molecule has 0 aromatic heterocycles. The van der Waals surface area contributed by atoms with E-state index in [9.17, 15) is 10.1 Å². The number of alkyl halides is 1. The first kappa shape index (κ1) is 13.8. The lowest BCUT2D eigenvalue weighted by Gasteiger charge is -2.08. The second-order valence-electron chi connectivity index (χ2n) is 3.76. The average molecular weight is 258 g/mol. The number of hydrogen-bond acceptors (Lipinski definition) is 3. The zero-order chi connectivity index (χ0) is 12.7. The molecule has 0 heterocycles. The summed E-state index contributed by atoms with van der Waals surface area (Å²) in [5, 5.41) is 10.7. The number of ether oxygens (including phenoxy) is 1. The molecule has 0 N–H and O–H groups in total. The van der Waals surface area contributed by atoms with Crippen LogP contribution in [0.1, 0.15) is 24.8 Å². The third-order valence-electron chi connectivity index (χ3n) is 2.49. The SMILES string of the molecule is Cc1c(OCCCCCCl)cccc1[N+](=O)[O-]. The number of halogens is 1. The zero-order valence-electron chi connectivity index (χ0n) is 9.82. The van der Waals surface area contributed by atoms with E-state index in [2.05, 4.69) is 0 Å². The molecule has 0 fully saturated rings. The number of rotatable bonds is 7. The molecule has 0 radical (unpaired) electrons. The predicted molar refractivity (Wildman–Crippen MR) is 67.9 cm³/mol. The number of nitrogens with zero attached hydrogens (tertiary/aromatic N) is 1. The van der Waals surface area contributed by atoms with Gasteiger partial charge in [-0.3, -0.25) is 10.1 Å². The highest BCUT2D eigenvalue weighted by Crippen LogP contribution is 2.27. The lowest BCUT2D eigenvalue weighted by atomic mass is 10.2. The van der Waals surface area contributed by atoms with Gasteiger partial charge in [0.1, 0.15) is 5.75 Å². The highest BCUT2D eigenvalue weighted by atomic mass is 35.5. The monoisotopic (exact) mass is 257 g/mol. The van der Waals surface area contributed by atoms with Gasteiger partial charge in [-0.1, -0.05) is 6.07 Å². The average Bonchev–Trinajstić information content (AvgIpc) is 2.30. The van der Waals surface area contributed by atoms with Crippen molar-refractivity contribution < 1.29 is 9.66 Å². The zero-order valence-corrected chi connectivity index (χ0v) is 10.6. The number of unbranched alkanes of at least 4 members (excludes halogenated alkanes) is 2. The van der Waals surface area contributed by atoms with Gasteiger partial charge in [-0.25, -0.2) is 0 Å². The Morgan fingerprint density at radius 2 is 2.12 bits per heavy atom. The molecule has 0 aliphatic carbocycles. The summed E-state index contributed by atoms with van der Waals surface area (Å²) < 4.78 is 5.53. The number of benzene rings is 1. The Morgan fingerprint density at radius 1 is 1.35 bits per heavy atom. The number of nitro benzene ring substituents is 1. The van der Waals surface area contributed by atoms with Crippen LogP contribution in [0.5, 0.6) is 5.75 Å². The maximum atomic E-state index is 10.7. The Kier molecular flexibility index (Phi) is 5.77. The molecule has 17 heavy (non-hydrogen) atoms. The Bertz CT molecular complexity index is 382. The highest BCUT2D eigenvalue weighted by molar-refractivity contribution is 6.17. The summed E-state index contributed by atoms with van der Waals surface area (Å²) in [6.07, 6.45) is 2.89. The van der Waals surface area contributed by atoms with E-state index >= 15 is 0 Å². The van der Waals surface area contributed by atoms with Crippen LogP contribution in [0.3, 0.4) is 0 Å². The molecule has 0 amide bonds. The van der Waals surface area contributed by atoms with Crippen molar-refractivity contribution in [3.8, 4) is 5.75 Å². The third kappa shape index (κ3) is 4.23. The third-order valence-corrected chi connectivity index (χ3v) is 2.75. The van der Waals surface area contributed by atoms with E-state index in [0.717, 1.165) is 19.3 Å². The van der Waals surface area contributed by atoms with Gasteiger partial charge < -0.3 is 4.74 Å². The largest absolute Gasteiger partial charge is 0.493 e. The standard InChI is InChI=1S/C12H16ClNO3/c1-10-11(14(15)16)6-5-7-12(10)17-9-4-2-3-8-13/h5-7H,2-4,8-9H2,1H3. The molecule has 5 heteroatoms. The van der Waals surface area contributed by atoms with Crippen LogP contribution in [-0.4, -0.2) is 17.4 Å². The first-order valence-corrected chi connectivity index (χ1v) is 6.13. The van der Waals surface area contributed by atoms with Gasteiger partial charge in [-0.05, 0) is 32.3 Å². The number of hydrogen-bond donors (Lipinski definition) is 0. The van der Waals surface area contributed by atoms with Crippen molar-refractivity contribution in [1.29, 1.82) is 0 Å². The van der Waals surface area contributed by atoms with Crippen LogP contribution < -0.4 is 4.74 Å². The molecule has 0 bridgehead atoms. The molecule has 0 saturated heterocycles. The summed E-state index contributed by atoms with van der Waals surface area (Å²) in [5.74, 6) is 1.25. The highest BCUT2D eigenvalue weighted by Gasteiger charge is 2.13. The molecule has 0 spiro atoms. The van der Waals surface area contributed by atoms with Gasteiger partial charge in [0, 0.05) is 11.9 Å². The van der Waals surface area contributed by atoms with Gasteiger partial charge in [-0.2, -0.15) is 0 Å². The van der Waals surface area contributed by atoms with Crippen molar-refractivity contribution in [3.05, 3.63) is 33.9 Å². The first-order chi connectivity index (χ1) is 8.16.